The highest BCUT2D eigenvalue weighted by atomic mass is 32.2. The van der Waals surface area contributed by atoms with E-state index in [1.54, 1.807) is 13.2 Å². The van der Waals surface area contributed by atoms with E-state index in [1.807, 2.05) is 12.1 Å². The smallest absolute Gasteiger partial charge is 0.303 e. The summed E-state index contributed by atoms with van der Waals surface area (Å²) in [4.78, 5) is 34.1. The second-order valence-electron chi connectivity index (χ2n) is 19.3. The summed E-state index contributed by atoms with van der Waals surface area (Å²) in [6, 6.07) is 12.1. The summed E-state index contributed by atoms with van der Waals surface area (Å²) in [5.74, 6) is 2.95. The van der Waals surface area contributed by atoms with Gasteiger partial charge in [0.2, 0.25) is 5.91 Å². The summed E-state index contributed by atoms with van der Waals surface area (Å²) in [6.45, 7) is 5.62. The van der Waals surface area contributed by atoms with Crippen molar-refractivity contribution in [1.82, 2.24) is 23.4 Å². The minimum absolute atomic E-state index is 0.200. The number of aromatic nitrogens is 1. The fraction of sp³-hybridized carbons (Fsp3) is 0.660. The van der Waals surface area contributed by atoms with Crippen molar-refractivity contribution in [3.63, 3.8) is 0 Å². The van der Waals surface area contributed by atoms with Crippen LogP contribution >= 0.6 is 0 Å². The third-order valence-corrected chi connectivity index (χ3v) is 16.7. The molecule has 1 N–H and O–H groups in total. The molecule has 5 fully saturated rings. The number of carbonyl (C=O) groups is 2. The highest BCUT2D eigenvalue weighted by Crippen LogP contribution is 2.60. The fourth-order valence-electron chi connectivity index (χ4n) is 12.1. The third-order valence-electron chi connectivity index (χ3n) is 15.3. The lowest BCUT2D eigenvalue weighted by atomic mass is 9.80. The van der Waals surface area contributed by atoms with E-state index in [0.717, 1.165) is 84.4 Å². The summed E-state index contributed by atoms with van der Waals surface area (Å²) >= 11 is 0. The van der Waals surface area contributed by atoms with Gasteiger partial charge < -0.3 is 19.1 Å². The molecule has 1 aromatic heterocycles. The number of methoxy groups -OCH3 is 1. The van der Waals surface area contributed by atoms with Crippen molar-refractivity contribution in [2.24, 2.45) is 29.1 Å². The van der Waals surface area contributed by atoms with Crippen LogP contribution in [0.15, 0.2) is 36.4 Å². The van der Waals surface area contributed by atoms with E-state index >= 15 is 4.79 Å². The lowest BCUT2D eigenvalue weighted by molar-refractivity contribution is -0.139. The van der Waals surface area contributed by atoms with E-state index in [2.05, 4.69) is 37.3 Å². The zero-order valence-corrected chi connectivity index (χ0v) is 36.0. The van der Waals surface area contributed by atoms with Crippen LogP contribution in [0.3, 0.4) is 0 Å². The standard InChI is InChI=1S/C47H65N5O5S/c1-49(2)58(55,56)48-45(53)36-18-20-41-42(25-36)52-31-47(26-38(47)23-37-24-39(57-3)19-21-40(37)44(52)43(41)35-14-8-5-9-15-35)46(54)51-29-33-16-17-34(30-51)28-50(27-33)22-10-13-32-11-6-4-7-12-32/h18-21,24-25,32-35,38H,4-17,22-23,26-31H2,1-3H3,(H,48,53)/t33-,34+,38-,47+/m1/s1. The first-order valence-electron chi connectivity index (χ1n) is 22.6. The number of rotatable bonds is 10. The summed E-state index contributed by atoms with van der Waals surface area (Å²) in [6.07, 6.45) is 19.6. The maximum Gasteiger partial charge on any atom is 0.303 e. The Kier molecular flexibility index (Phi) is 11.2. The largest absolute Gasteiger partial charge is 0.497 e. The van der Waals surface area contributed by atoms with Crippen molar-refractivity contribution >= 4 is 32.9 Å². The van der Waals surface area contributed by atoms with Crippen LogP contribution in [0.2, 0.25) is 0 Å². The van der Waals surface area contributed by atoms with Gasteiger partial charge in [0.05, 0.1) is 18.2 Å². The van der Waals surface area contributed by atoms with E-state index in [9.17, 15) is 13.2 Å². The molecular weight excluding hydrogens is 747 g/mol. The van der Waals surface area contributed by atoms with E-state index < -0.39 is 21.5 Å². The molecule has 2 bridgehead atoms. The molecule has 2 amide bonds. The van der Waals surface area contributed by atoms with Gasteiger partial charge in [-0.25, -0.2) is 4.72 Å². The summed E-state index contributed by atoms with van der Waals surface area (Å²) in [5.41, 5.74) is 5.52. The van der Waals surface area contributed by atoms with Crippen LogP contribution in [0.5, 0.6) is 5.75 Å². The van der Waals surface area contributed by atoms with Crippen molar-refractivity contribution in [3.8, 4) is 17.0 Å². The van der Waals surface area contributed by atoms with E-state index in [1.165, 1.54) is 114 Å². The molecule has 3 aliphatic carbocycles. The van der Waals surface area contributed by atoms with Crippen molar-refractivity contribution in [1.29, 1.82) is 0 Å². The Morgan fingerprint density at radius 3 is 2.28 bits per heavy atom. The minimum Gasteiger partial charge on any atom is -0.497 e. The number of hydrogen-bond donors (Lipinski definition) is 1. The van der Waals surface area contributed by atoms with Gasteiger partial charge in [-0.3, -0.25) is 9.59 Å². The Morgan fingerprint density at radius 1 is 0.879 bits per heavy atom. The van der Waals surface area contributed by atoms with E-state index in [0.29, 0.717) is 35.8 Å². The number of carbonyl (C=O) groups excluding carboxylic acids is 2. The molecule has 0 unspecified atom stereocenters. The van der Waals surface area contributed by atoms with Gasteiger partial charge in [0.25, 0.3) is 5.91 Å². The molecule has 0 radical (unpaired) electrons. The number of fused-ring (bicyclic) bond motifs is 9. The van der Waals surface area contributed by atoms with Crippen LogP contribution in [0, 0.1) is 29.1 Å². The Balaban J connectivity index is 1.07. The maximum atomic E-state index is 15.4. The molecule has 58 heavy (non-hydrogen) atoms. The Labute approximate surface area is 346 Å². The van der Waals surface area contributed by atoms with Crippen LogP contribution in [-0.4, -0.2) is 92.8 Å². The number of likely N-dealkylation sites (tertiary alicyclic amines) is 2. The Morgan fingerprint density at radius 2 is 1.59 bits per heavy atom. The van der Waals surface area contributed by atoms with Crippen molar-refractivity contribution in [2.75, 3.05) is 53.9 Å². The number of amides is 2. The van der Waals surface area contributed by atoms with Crippen molar-refractivity contribution in [3.05, 3.63) is 53.1 Å². The van der Waals surface area contributed by atoms with Gasteiger partial charge >= 0.3 is 10.2 Å². The molecular formula is C47H65N5O5S. The van der Waals surface area contributed by atoms with Crippen LogP contribution in [0.4, 0.5) is 0 Å². The molecule has 4 atom stereocenters. The average molecular weight is 812 g/mol. The number of nitrogens with one attached hydrogen (secondary N) is 1. The normalized spacial score (nSPS) is 26.9. The molecule has 6 aliphatic rings. The van der Waals surface area contributed by atoms with Gasteiger partial charge in [-0.15, -0.1) is 0 Å². The Bertz CT molecular complexity index is 2120. The number of nitrogens with zero attached hydrogens (tertiary/aromatic N) is 4. The Hall–Kier alpha value is -3.41. The van der Waals surface area contributed by atoms with Gasteiger partial charge in [-0.05, 0) is 129 Å². The predicted octanol–water partition coefficient (Wildman–Crippen LogP) is 7.99. The van der Waals surface area contributed by atoms with E-state index in [-0.39, 0.29) is 5.92 Å². The molecule has 10 nitrogen and oxygen atoms in total. The van der Waals surface area contributed by atoms with Gasteiger partial charge in [-0.2, -0.15) is 12.7 Å². The first-order valence-corrected chi connectivity index (χ1v) is 24.1. The second-order valence-corrected chi connectivity index (χ2v) is 21.2. The molecule has 2 saturated heterocycles. The second kappa shape index (κ2) is 16.2. The summed E-state index contributed by atoms with van der Waals surface area (Å²) in [7, 11) is 0.556. The number of ether oxygens (including phenoxy) is 1. The number of benzene rings is 2. The van der Waals surface area contributed by atoms with Crippen molar-refractivity contribution < 1.29 is 22.7 Å². The van der Waals surface area contributed by atoms with Crippen molar-refractivity contribution in [2.45, 2.75) is 115 Å². The zero-order valence-electron chi connectivity index (χ0n) is 35.1. The van der Waals surface area contributed by atoms with Gasteiger partial charge in [0, 0.05) is 68.8 Å². The van der Waals surface area contributed by atoms with E-state index in [4.69, 9.17) is 4.74 Å². The van der Waals surface area contributed by atoms with Crippen LogP contribution < -0.4 is 9.46 Å². The minimum atomic E-state index is -3.98. The molecule has 9 rings (SSSR count). The highest BCUT2D eigenvalue weighted by molar-refractivity contribution is 7.87. The molecule has 3 aromatic rings. The molecule has 2 aromatic carbocycles. The quantitative estimate of drug-likeness (QED) is 0.223. The summed E-state index contributed by atoms with van der Waals surface area (Å²) < 4.78 is 37.0. The average Bonchev–Trinajstić information content (AvgIpc) is 3.91. The predicted molar refractivity (Wildman–Crippen MR) is 229 cm³/mol. The zero-order chi connectivity index (χ0) is 40.2. The molecule has 0 spiro atoms. The van der Waals surface area contributed by atoms with Crippen LogP contribution in [0.25, 0.3) is 22.2 Å². The molecule has 3 saturated carbocycles. The van der Waals surface area contributed by atoms with Gasteiger partial charge in [0.15, 0.2) is 0 Å². The third kappa shape index (κ3) is 7.73. The molecule has 4 heterocycles. The van der Waals surface area contributed by atoms with Crippen LogP contribution in [0.1, 0.15) is 124 Å². The highest BCUT2D eigenvalue weighted by Gasteiger charge is 2.62. The summed E-state index contributed by atoms with van der Waals surface area (Å²) in [5, 5.41) is 1.10. The fourth-order valence-corrected chi connectivity index (χ4v) is 12.6. The van der Waals surface area contributed by atoms with Gasteiger partial charge in [0.1, 0.15) is 5.75 Å². The first kappa shape index (κ1) is 40.0. The molecule has 11 heteroatoms. The maximum absolute atomic E-state index is 15.4. The molecule has 3 aliphatic heterocycles. The first-order chi connectivity index (χ1) is 28.0. The van der Waals surface area contributed by atoms with Crippen LogP contribution in [-0.2, 0) is 28.0 Å². The lowest BCUT2D eigenvalue weighted by Gasteiger charge is -2.37. The monoisotopic (exact) mass is 811 g/mol. The molecule has 314 valence electrons. The lowest BCUT2D eigenvalue weighted by Crippen LogP contribution is -2.48. The topological polar surface area (TPSA) is 104 Å². The number of hydrogen-bond acceptors (Lipinski definition) is 6. The van der Waals surface area contributed by atoms with Gasteiger partial charge in [-0.1, -0.05) is 57.4 Å². The SMILES string of the molecule is COc1ccc2c(c1)C[C@@H]1C[C@]1(C(=O)N1C[C@@H]3CC[C@@H](CN(CCCC4CCCCC4)C3)C1)Cn1c-2c(C2CCCCC2)c2ccc(C(=O)NS(=O)(=O)N(C)C)cc21.